The first-order chi connectivity index (χ1) is 16.5. The van der Waals surface area contributed by atoms with E-state index in [2.05, 4.69) is 59.3 Å². The van der Waals surface area contributed by atoms with Crippen LogP contribution >= 0.6 is 15.9 Å². The van der Waals surface area contributed by atoms with Crippen molar-refractivity contribution in [3.8, 4) is 16.9 Å². The summed E-state index contributed by atoms with van der Waals surface area (Å²) < 4.78 is 26.2. The molecule has 1 aliphatic carbocycles. The minimum Gasteiger partial charge on any atom is -0.492 e. The number of hydrogen-bond acceptors (Lipinski definition) is 3. The molecular weight excluding hydrogens is 495 g/mol. The van der Waals surface area contributed by atoms with Gasteiger partial charge in [-0.1, -0.05) is 69.9 Å². The highest BCUT2D eigenvalue weighted by Crippen LogP contribution is 2.36. The maximum absolute atomic E-state index is 13.9. The summed E-state index contributed by atoms with van der Waals surface area (Å²) >= 11 is 3.65. The lowest BCUT2D eigenvalue weighted by Crippen LogP contribution is -2.28. The van der Waals surface area contributed by atoms with Crippen LogP contribution in [-0.2, 0) is 9.53 Å². The lowest BCUT2D eigenvalue weighted by Gasteiger charge is -2.29. The fraction of sp³-hybridized carbons (Fsp3) is 0.552. The average Bonchev–Trinajstić information content (AvgIpc) is 2.86. The van der Waals surface area contributed by atoms with Crippen LogP contribution < -0.4 is 4.74 Å². The summed E-state index contributed by atoms with van der Waals surface area (Å²) in [5.74, 6) is 0.666. The quantitative estimate of drug-likeness (QED) is 0.202. The molecule has 0 saturated heterocycles. The summed E-state index contributed by atoms with van der Waals surface area (Å²) in [6.45, 7) is 4.93. The van der Waals surface area contributed by atoms with Crippen LogP contribution in [0.5, 0.6) is 5.75 Å². The molecule has 0 bridgehead atoms. The Balaban J connectivity index is 1.50. The van der Waals surface area contributed by atoms with E-state index in [1.807, 2.05) is 13.0 Å². The molecule has 1 saturated carbocycles. The van der Waals surface area contributed by atoms with Gasteiger partial charge >= 0.3 is 5.97 Å². The van der Waals surface area contributed by atoms with Gasteiger partial charge in [-0.3, -0.25) is 0 Å². The highest BCUT2D eigenvalue weighted by atomic mass is 79.9. The van der Waals surface area contributed by atoms with E-state index in [4.69, 9.17) is 9.47 Å². The van der Waals surface area contributed by atoms with Gasteiger partial charge in [0.2, 0.25) is 0 Å². The molecule has 0 heterocycles. The number of ether oxygens (including phenoxy) is 2. The van der Waals surface area contributed by atoms with Gasteiger partial charge < -0.3 is 9.47 Å². The Labute approximate surface area is 212 Å². The van der Waals surface area contributed by atoms with E-state index >= 15 is 0 Å². The molecule has 1 fully saturated rings. The molecule has 0 aromatic heterocycles. The fourth-order valence-electron chi connectivity index (χ4n) is 4.53. The van der Waals surface area contributed by atoms with E-state index in [-0.39, 0.29) is 12.5 Å². The molecule has 1 aliphatic rings. The van der Waals surface area contributed by atoms with E-state index in [9.17, 15) is 9.18 Å². The van der Waals surface area contributed by atoms with Gasteiger partial charge in [0.25, 0.3) is 0 Å². The second-order valence-electron chi connectivity index (χ2n) is 9.34. The molecule has 5 heteroatoms. The molecule has 0 unspecified atom stereocenters. The normalized spacial score (nSPS) is 18.9. The molecule has 2 aromatic carbocycles. The van der Waals surface area contributed by atoms with E-state index in [1.54, 1.807) is 0 Å². The summed E-state index contributed by atoms with van der Waals surface area (Å²) in [6, 6.07) is 15.0. The molecule has 1 atom stereocenters. The largest absolute Gasteiger partial charge is 0.492 e. The maximum atomic E-state index is 13.9. The Bertz CT molecular complexity index is 891. The maximum Gasteiger partial charge on any atom is 0.340 e. The molecule has 0 aliphatic heterocycles. The van der Waals surface area contributed by atoms with Gasteiger partial charge in [-0.05, 0) is 89.2 Å². The van der Waals surface area contributed by atoms with Crippen LogP contribution in [0.3, 0.4) is 0 Å². The number of carbonyl (C=O) groups excluding carboxylic acids is 1. The summed E-state index contributed by atoms with van der Waals surface area (Å²) in [5.41, 5.74) is 3.64. The molecule has 0 amide bonds. The van der Waals surface area contributed by atoms with Gasteiger partial charge in [-0.25, -0.2) is 9.18 Å². The van der Waals surface area contributed by atoms with Gasteiger partial charge in [0.05, 0.1) is 11.1 Å². The summed E-state index contributed by atoms with van der Waals surface area (Å²) in [5, 5.41) is 0. The van der Waals surface area contributed by atoms with E-state index in [0.29, 0.717) is 12.3 Å². The molecular formula is C29H38BrFO3. The molecule has 3 nitrogen and oxygen atoms in total. The van der Waals surface area contributed by atoms with Gasteiger partial charge in [0.15, 0.2) is 6.17 Å². The summed E-state index contributed by atoms with van der Waals surface area (Å²) in [7, 11) is 0. The molecule has 0 spiro atoms. The topological polar surface area (TPSA) is 35.5 Å². The third-order valence-electron chi connectivity index (χ3n) is 6.68. The van der Waals surface area contributed by atoms with Gasteiger partial charge in [-0.2, -0.15) is 0 Å². The first-order valence-electron chi connectivity index (χ1n) is 12.9. The third kappa shape index (κ3) is 7.83. The van der Waals surface area contributed by atoms with Gasteiger partial charge in [0, 0.05) is 0 Å². The predicted molar refractivity (Wildman–Crippen MR) is 140 cm³/mol. The van der Waals surface area contributed by atoms with Crippen LogP contribution in [0.15, 0.2) is 46.9 Å². The van der Waals surface area contributed by atoms with Crippen LogP contribution in [0, 0.1) is 0 Å². The smallest absolute Gasteiger partial charge is 0.340 e. The van der Waals surface area contributed by atoms with Crippen LogP contribution in [0.2, 0.25) is 0 Å². The Kier molecular flexibility index (Phi) is 10.9. The van der Waals surface area contributed by atoms with Crippen molar-refractivity contribution in [1.82, 2.24) is 0 Å². The first-order valence-corrected chi connectivity index (χ1v) is 13.7. The standard InChI is InChI=1S/C29H38BrFO3/c1-3-5-7-19-33-28-18-15-24(20-26(28)30)23-11-9-21(10-12-23)22-13-16-25(17-14-22)34-29(32)27(31)8-6-4-2/h9-12,15,18,20,22,25,27H,3-8,13-14,16-17,19H2,1-2H3/t22?,25?,27-/m0/s1. The van der Waals surface area contributed by atoms with Crippen LogP contribution in [0.1, 0.15) is 89.5 Å². The number of hydrogen-bond donors (Lipinski definition) is 0. The van der Waals surface area contributed by atoms with Crippen molar-refractivity contribution in [1.29, 1.82) is 0 Å². The average molecular weight is 534 g/mol. The van der Waals surface area contributed by atoms with Crippen molar-refractivity contribution in [3.63, 3.8) is 0 Å². The molecule has 34 heavy (non-hydrogen) atoms. The van der Waals surface area contributed by atoms with Crippen LogP contribution in [-0.4, -0.2) is 24.9 Å². The number of halogens is 2. The number of rotatable bonds is 12. The monoisotopic (exact) mass is 532 g/mol. The van der Waals surface area contributed by atoms with E-state index < -0.39 is 12.1 Å². The van der Waals surface area contributed by atoms with Crippen molar-refractivity contribution >= 4 is 21.9 Å². The number of benzene rings is 2. The van der Waals surface area contributed by atoms with Gasteiger partial charge in [0.1, 0.15) is 11.9 Å². The predicted octanol–water partition coefficient (Wildman–Crippen LogP) is 8.78. The van der Waals surface area contributed by atoms with Gasteiger partial charge in [-0.15, -0.1) is 0 Å². The minimum atomic E-state index is -1.48. The number of unbranched alkanes of at least 4 members (excludes halogenated alkanes) is 3. The van der Waals surface area contributed by atoms with Crippen molar-refractivity contribution in [2.24, 2.45) is 0 Å². The van der Waals surface area contributed by atoms with E-state index in [1.165, 1.54) is 24.0 Å². The number of carbonyl (C=O) groups is 1. The Hall–Kier alpha value is -1.88. The molecule has 3 rings (SSSR count). The highest BCUT2D eigenvalue weighted by molar-refractivity contribution is 9.10. The number of esters is 1. The lowest BCUT2D eigenvalue weighted by molar-refractivity contribution is -0.157. The lowest BCUT2D eigenvalue weighted by atomic mass is 9.82. The highest BCUT2D eigenvalue weighted by Gasteiger charge is 2.27. The molecule has 0 N–H and O–H groups in total. The third-order valence-corrected chi connectivity index (χ3v) is 7.30. The zero-order valence-electron chi connectivity index (χ0n) is 20.5. The second kappa shape index (κ2) is 13.9. The Morgan fingerprint density at radius 2 is 1.65 bits per heavy atom. The SMILES string of the molecule is CCCCCOc1ccc(-c2ccc(C3CCC(OC(=O)[C@@H](F)CCCC)CC3)cc2)cc1Br. The number of alkyl halides is 1. The molecule has 2 aromatic rings. The minimum absolute atomic E-state index is 0.150. The Morgan fingerprint density at radius 3 is 2.29 bits per heavy atom. The zero-order chi connectivity index (χ0) is 24.3. The van der Waals surface area contributed by atoms with Crippen LogP contribution in [0.4, 0.5) is 4.39 Å². The molecule has 0 radical (unpaired) electrons. The fourth-order valence-corrected chi connectivity index (χ4v) is 5.03. The summed E-state index contributed by atoms with van der Waals surface area (Å²) in [6.07, 6.45) is 7.19. The van der Waals surface area contributed by atoms with Crippen molar-refractivity contribution < 1.29 is 18.7 Å². The van der Waals surface area contributed by atoms with Crippen molar-refractivity contribution in [2.75, 3.05) is 6.61 Å². The zero-order valence-corrected chi connectivity index (χ0v) is 22.1. The van der Waals surface area contributed by atoms with Crippen molar-refractivity contribution in [2.45, 2.75) is 96.2 Å². The summed E-state index contributed by atoms with van der Waals surface area (Å²) in [4.78, 5) is 12.0. The first kappa shape index (κ1) is 26.7. The van der Waals surface area contributed by atoms with Crippen LogP contribution in [0.25, 0.3) is 11.1 Å². The molecule has 186 valence electrons. The second-order valence-corrected chi connectivity index (χ2v) is 10.2. The van der Waals surface area contributed by atoms with E-state index in [0.717, 1.165) is 60.9 Å². The van der Waals surface area contributed by atoms with Crippen molar-refractivity contribution in [3.05, 3.63) is 52.5 Å². The Morgan fingerprint density at radius 1 is 0.971 bits per heavy atom.